The Morgan fingerprint density at radius 1 is 1.09 bits per heavy atom. The Labute approximate surface area is 135 Å². The van der Waals surface area contributed by atoms with Gasteiger partial charge in [-0.1, -0.05) is 43.3 Å². The molecule has 23 heavy (non-hydrogen) atoms. The highest BCUT2D eigenvalue weighted by Crippen LogP contribution is 2.21. The summed E-state index contributed by atoms with van der Waals surface area (Å²) >= 11 is 0. The first-order chi connectivity index (χ1) is 11.1. The number of carboxylic acid groups (broad SMARTS) is 1. The third-order valence-corrected chi connectivity index (χ3v) is 3.45. The third-order valence-electron chi connectivity index (χ3n) is 3.45. The molecule has 0 aliphatic carbocycles. The van der Waals surface area contributed by atoms with E-state index < -0.39 is 5.97 Å². The fourth-order valence-corrected chi connectivity index (χ4v) is 2.32. The second-order valence-corrected chi connectivity index (χ2v) is 5.34. The molecule has 4 nitrogen and oxygen atoms in total. The molecule has 0 saturated carbocycles. The van der Waals surface area contributed by atoms with E-state index in [-0.39, 0.29) is 12.2 Å². The van der Waals surface area contributed by atoms with Crippen molar-refractivity contribution in [1.82, 2.24) is 0 Å². The maximum Gasteiger partial charge on any atom is 0.307 e. The van der Waals surface area contributed by atoms with Crippen molar-refractivity contribution in [3.05, 3.63) is 65.2 Å². The van der Waals surface area contributed by atoms with Crippen LogP contribution in [0.2, 0.25) is 0 Å². The van der Waals surface area contributed by atoms with Crippen LogP contribution in [0.25, 0.3) is 0 Å². The third kappa shape index (κ3) is 4.95. The van der Waals surface area contributed by atoms with Crippen LogP contribution < -0.4 is 4.74 Å². The summed E-state index contributed by atoms with van der Waals surface area (Å²) in [6.07, 6.45) is 0.957. The number of benzene rings is 2. The minimum atomic E-state index is -0.950. The van der Waals surface area contributed by atoms with Gasteiger partial charge in [0.2, 0.25) is 0 Å². The summed E-state index contributed by atoms with van der Waals surface area (Å²) < 4.78 is 5.72. The van der Waals surface area contributed by atoms with Crippen LogP contribution in [0.5, 0.6) is 5.75 Å². The van der Waals surface area contributed by atoms with Crippen LogP contribution in [-0.4, -0.2) is 16.9 Å². The van der Waals surface area contributed by atoms with Gasteiger partial charge in [0.05, 0.1) is 6.42 Å². The number of carboxylic acids is 1. The summed E-state index contributed by atoms with van der Waals surface area (Å²) in [5.41, 5.74) is 2.01. The summed E-state index contributed by atoms with van der Waals surface area (Å²) in [6, 6.07) is 14.8. The highest BCUT2D eigenvalue weighted by molar-refractivity contribution is 5.98. The van der Waals surface area contributed by atoms with Crippen molar-refractivity contribution in [3.63, 3.8) is 0 Å². The van der Waals surface area contributed by atoms with Crippen molar-refractivity contribution in [1.29, 1.82) is 0 Å². The summed E-state index contributed by atoms with van der Waals surface area (Å²) in [5, 5.41) is 8.98. The van der Waals surface area contributed by atoms with Crippen molar-refractivity contribution in [3.8, 4) is 5.75 Å². The molecule has 0 amide bonds. The minimum Gasteiger partial charge on any atom is -0.489 e. The molecule has 0 bridgehead atoms. The van der Waals surface area contributed by atoms with Crippen molar-refractivity contribution >= 4 is 11.8 Å². The molecule has 2 rings (SSSR count). The largest absolute Gasteiger partial charge is 0.489 e. The molecule has 0 radical (unpaired) electrons. The van der Waals surface area contributed by atoms with Gasteiger partial charge in [-0.2, -0.15) is 0 Å². The van der Waals surface area contributed by atoms with E-state index in [1.807, 2.05) is 37.3 Å². The lowest BCUT2D eigenvalue weighted by atomic mass is 9.98. The van der Waals surface area contributed by atoms with E-state index in [0.717, 1.165) is 12.0 Å². The molecule has 0 atom stereocenters. The lowest BCUT2D eigenvalue weighted by Crippen LogP contribution is -2.09. The highest BCUT2D eigenvalue weighted by atomic mass is 16.5. The molecule has 120 valence electrons. The molecule has 0 heterocycles. The lowest BCUT2D eigenvalue weighted by molar-refractivity contribution is -0.136. The summed E-state index contributed by atoms with van der Waals surface area (Å²) in [4.78, 5) is 23.2. The molecule has 0 spiro atoms. The van der Waals surface area contributed by atoms with Gasteiger partial charge in [0.15, 0.2) is 5.78 Å². The molecule has 0 unspecified atom stereocenters. The van der Waals surface area contributed by atoms with Gasteiger partial charge in [-0.15, -0.1) is 0 Å². The number of rotatable bonds is 8. The minimum absolute atomic E-state index is 0.0473. The number of Topliss-reactive ketones (excluding diaryl/α,β-unsaturated/α-hetero) is 1. The molecule has 2 aromatic carbocycles. The monoisotopic (exact) mass is 312 g/mol. The predicted octanol–water partition coefficient (Wildman–Crippen LogP) is 3.88. The quantitative estimate of drug-likeness (QED) is 0.751. The summed E-state index contributed by atoms with van der Waals surface area (Å²) in [5.74, 6) is -0.426. The van der Waals surface area contributed by atoms with Crippen LogP contribution in [0.1, 0.15) is 41.3 Å². The van der Waals surface area contributed by atoms with Gasteiger partial charge in [0.25, 0.3) is 0 Å². The Morgan fingerprint density at radius 3 is 2.48 bits per heavy atom. The van der Waals surface area contributed by atoms with E-state index in [4.69, 9.17) is 9.84 Å². The topological polar surface area (TPSA) is 63.6 Å². The Morgan fingerprint density at radius 2 is 1.83 bits per heavy atom. The highest BCUT2D eigenvalue weighted by Gasteiger charge is 2.14. The smallest absolute Gasteiger partial charge is 0.307 e. The van der Waals surface area contributed by atoms with Gasteiger partial charge in [0, 0.05) is 12.0 Å². The van der Waals surface area contributed by atoms with Gasteiger partial charge < -0.3 is 9.84 Å². The van der Waals surface area contributed by atoms with Crippen LogP contribution in [0, 0.1) is 0 Å². The molecule has 0 saturated heterocycles. The number of aliphatic carboxylic acids is 1. The van der Waals surface area contributed by atoms with Crippen LogP contribution in [0.3, 0.4) is 0 Å². The number of hydrogen-bond acceptors (Lipinski definition) is 3. The summed E-state index contributed by atoms with van der Waals surface area (Å²) in [7, 11) is 0. The molecule has 4 heteroatoms. The van der Waals surface area contributed by atoms with Gasteiger partial charge in [-0.25, -0.2) is 0 Å². The second-order valence-electron chi connectivity index (χ2n) is 5.34. The fourth-order valence-electron chi connectivity index (χ4n) is 2.32. The molecule has 2 aromatic rings. The van der Waals surface area contributed by atoms with Crippen molar-refractivity contribution < 1.29 is 19.4 Å². The Balaban J connectivity index is 2.19. The van der Waals surface area contributed by atoms with Gasteiger partial charge in [-0.3, -0.25) is 9.59 Å². The zero-order chi connectivity index (χ0) is 16.7. The van der Waals surface area contributed by atoms with Gasteiger partial charge >= 0.3 is 5.97 Å². The number of ether oxygens (including phenoxy) is 1. The van der Waals surface area contributed by atoms with E-state index >= 15 is 0 Å². The zero-order valence-electron chi connectivity index (χ0n) is 13.1. The van der Waals surface area contributed by atoms with E-state index in [0.29, 0.717) is 29.9 Å². The zero-order valence-corrected chi connectivity index (χ0v) is 13.1. The molecule has 1 N–H and O–H groups in total. The molecule has 0 aliphatic heterocycles. The molecule has 0 aliphatic rings. The maximum absolute atomic E-state index is 12.2. The normalized spacial score (nSPS) is 10.3. The molecular formula is C19H20O4. The number of ketones is 1. The standard InChI is InChI=1S/C19H20O4/c1-2-6-18(20)17-12-16(10-9-15(17)11-19(21)22)23-13-14-7-4-3-5-8-14/h3-5,7-10,12H,2,6,11,13H2,1H3,(H,21,22). The van der Waals surface area contributed by atoms with Crippen molar-refractivity contribution in [2.45, 2.75) is 32.8 Å². The Bertz CT molecular complexity index is 677. The van der Waals surface area contributed by atoms with Crippen molar-refractivity contribution in [2.75, 3.05) is 0 Å². The Kier molecular flexibility index (Phi) is 5.92. The SMILES string of the molecule is CCCC(=O)c1cc(OCc2ccccc2)ccc1CC(=O)O. The van der Waals surface area contributed by atoms with Gasteiger partial charge in [0.1, 0.15) is 12.4 Å². The first kappa shape index (κ1) is 16.7. The predicted molar refractivity (Wildman–Crippen MR) is 87.8 cm³/mol. The summed E-state index contributed by atoms with van der Waals surface area (Å²) in [6.45, 7) is 2.32. The van der Waals surface area contributed by atoms with Crippen LogP contribution in [-0.2, 0) is 17.8 Å². The fraction of sp³-hybridized carbons (Fsp3) is 0.263. The van der Waals surface area contributed by atoms with E-state index in [1.54, 1.807) is 18.2 Å². The second kappa shape index (κ2) is 8.13. The average molecular weight is 312 g/mol. The molecule has 0 fully saturated rings. The first-order valence-electron chi connectivity index (χ1n) is 7.64. The number of carbonyl (C=O) groups is 2. The Hall–Kier alpha value is -2.62. The maximum atomic E-state index is 12.2. The van der Waals surface area contributed by atoms with Crippen LogP contribution in [0.4, 0.5) is 0 Å². The number of carbonyl (C=O) groups excluding carboxylic acids is 1. The van der Waals surface area contributed by atoms with E-state index in [1.165, 1.54) is 0 Å². The molecule has 0 aromatic heterocycles. The van der Waals surface area contributed by atoms with Crippen LogP contribution >= 0.6 is 0 Å². The van der Waals surface area contributed by atoms with Crippen molar-refractivity contribution in [2.24, 2.45) is 0 Å². The van der Waals surface area contributed by atoms with E-state index in [2.05, 4.69) is 0 Å². The van der Waals surface area contributed by atoms with Crippen LogP contribution in [0.15, 0.2) is 48.5 Å². The molecular weight excluding hydrogens is 292 g/mol. The van der Waals surface area contributed by atoms with Gasteiger partial charge in [-0.05, 0) is 29.7 Å². The average Bonchev–Trinajstić information content (AvgIpc) is 2.54. The number of hydrogen-bond donors (Lipinski definition) is 1. The first-order valence-corrected chi connectivity index (χ1v) is 7.64. The van der Waals surface area contributed by atoms with E-state index in [9.17, 15) is 9.59 Å². The lowest BCUT2D eigenvalue weighted by Gasteiger charge is -2.11.